The van der Waals surface area contributed by atoms with Crippen LogP contribution in [-0.2, 0) is 17.1 Å². The first-order valence-corrected chi connectivity index (χ1v) is 10.9. The smallest absolute Gasteiger partial charge is 0.251 e. The second-order valence-corrected chi connectivity index (χ2v) is 8.01. The highest BCUT2D eigenvalue weighted by Gasteiger charge is 2.09. The van der Waals surface area contributed by atoms with E-state index in [0.717, 1.165) is 27.6 Å². The van der Waals surface area contributed by atoms with Crippen LogP contribution in [0.15, 0.2) is 90.1 Å². The number of hydrogen-bond acceptors (Lipinski definition) is 4. The number of hydrogen-bond donors (Lipinski definition) is 2. The Morgan fingerprint density at radius 3 is 2.45 bits per heavy atom. The van der Waals surface area contributed by atoms with Crippen molar-refractivity contribution in [1.29, 1.82) is 0 Å². The van der Waals surface area contributed by atoms with Crippen LogP contribution in [0.4, 0.5) is 0 Å². The van der Waals surface area contributed by atoms with Gasteiger partial charge in [0.05, 0.1) is 12.2 Å². The van der Waals surface area contributed by atoms with Gasteiger partial charge in [-0.05, 0) is 42.0 Å². The summed E-state index contributed by atoms with van der Waals surface area (Å²) in [6, 6.07) is 22.9. The molecule has 156 valence electrons. The second kappa shape index (κ2) is 9.95. The lowest BCUT2D eigenvalue weighted by atomic mass is 10.2. The molecule has 2 amide bonds. The number of nitrogens with one attached hydrogen (secondary N) is 2. The third-order valence-electron chi connectivity index (χ3n) is 4.66. The first kappa shape index (κ1) is 20.7. The lowest BCUT2D eigenvalue weighted by Gasteiger charge is -2.08. The fourth-order valence-electron chi connectivity index (χ4n) is 3.04. The molecule has 0 aliphatic heterocycles. The number of amides is 2. The van der Waals surface area contributed by atoms with Crippen LogP contribution in [0.2, 0.25) is 0 Å². The maximum Gasteiger partial charge on any atom is 0.251 e. The van der Waals surface area contributed by atoms with Gasteiger partial charge in [-0.3, -0.25) is 9.59 Å². The van der Waals surface area contributed by atoms with Crippen LogP contribution in [0.5, 0.6) is 0 Å². The molecule has 4 rings (SSSR count). The van der Waals surface area contributed by atoms with E-state index in [-0.39, 0.29) is 18.4 Å². The minimum atomic E-state index is -0.272. The van der Waals surface area contributed by atoms with Gasteiger partial charge in [-0.25, -0.2) is 4.98 Å². The van der Waals surface area contributed by atoms with Crippen molar-refractivity contribution in [3.63, 3.8) is 0 Å². The number of carbonyl (C=O) groups excluding carboxylic acids is 2. The van der Waals surface area contributed by atoms with Gasteiger partial charge < -0.3 is 15.0 Å². The standard InChI is InChI=1S/C24H22N4O2S/c29-23(25-14-18-6-2-1-3-7-18)15-26-24(30)19-9-11-21(12-10-19)31-17-20-16-28-13-5-4-8-22(28)27-20/h1-13,16H,14-15,17H2,(H,25,29)(H,26,30). The third kappa shape index (κ3) is 5.73. The fourth-order valence-corrected chi connectivity index (χ4v) is 3.82. The summed E-state index contributed by atoms with van der Waals surface area (Å²) >= 11 is 1.66. The molecule has 0 saturated heterocycles. The molecule has 4 aromatic rings. The number of rotatable bonds is 8. The monoisotopic (exact) mass is 430 g/mol. The van der Waals surface area contributed by atoms with E-state index in [0.29, 0.717) is 12.1 Å². The van der Waals surface area contributed by atoms with Crippen molar-refractivity contribution >= 4 is 29.2 Å². The highest BCUT2D eigenvalue weighted by Crippen LogP contribution is 2.23. The zero-order valence-electron chi connectivity index (χ0n) is 16.8. The summed E-state index contributed by atoms with van der Waals surface area (Å²) in [6.07, 6.45) is 4.00. The van der Waals surface area contributed by atoms with Gasteiger partial charge in [0.25, 0.3) is 5.91 Å². The molecule has 2 heterocycles. The van der Waals surface area contributed by atoms with Gasteiger partial charge >= 0.3 is 0 Å². The van der Waals surface area contributed by atoms with Gasteiger partial charge in [-0.15, -0.1) is 11.8 Å². The predicted octanol–water partition coefficient (Wildman–Crippen LogP) is 3.67. The molecule has 0 aliphatic rings. The highest BCUT2D eigenvalue weighted by atomic mass is 32.2. The van der Waals surface area contributed by atoms with Gasteiger partial charge in [0.15, 0.2) is 0 Å². The zero-order chi connectivity index (χ0) is 21.5. The molecule has 2 aromatic carbocycles. The number of imidazole rings is 1. The summed E-state index contributed by atoms with van der Waals surface area (Å²) in [7, 11) is 0. The Hall–Kier alpha value is -3.58. The van der Waals surface area contributed by atoms with E-state index in [4.69, 9.17) is 0 Å². The van der Waals surface area contributed by atoms with Crippen molar-refractivity contribution in [3.05, 3.63) is 102 Å². The molecule has 6 nitrogen and oxygen atoms in total. The molecule has 31 heavy (non-hydrogen) atoms. The van der Waals surface area contributed by atoms with Crippen LogP contribution >= 0.6 is 11.8 Å². The minimum absolute atomic E-state index is 0.0595. The normalized spacial score (nSPS) is 10.7. The lowest BCUT2D eigenvalue weighted by molar-refractivity contribution is -0.120. The molecule has 0 saturated carbocycles. The maximum atomic E-state index is 12.3. The van der Waals surface area contributed by atoms with Gasteiger partial charge in [0.1, 0.15) is 5.65 Å². The Kier molecular flexibility index (Phi) is 6.64. The van der Waals surface area contributed by atoms with Gasteiger partial charge in [0.2, 0.25) is 5.91 Å². The van der Waals surface area contributed by atoms with Crippen LogP contribution in [0.25, 0.3) is 5.65 Å². The van der Waals surface area contributed by atoms with E-state index in [1.807, 2.05) is 77.5 Å². The quantitative estimate of drug-likeness (QED) is 0.418. The summed E-state index contributed by atoms with van der Waals surface area (Å²) < 4.78 is 2.00. The van der Waals surface area contributed by atoms with Crippen molar-refractivity contribution in [3.8, 4) is 0 Å². The molecule has 0 fully saturated rings. The van der Waals surface area contributed by atoms with Crippen molar-refractivity contribution < 1.29 is 9.59 Å². The topological polar surface area (TPSA) is 75.5 Å². The largest absolute Gasteiger partial charge is 0.350 e. The summed E-state index contributed by atoms with van der Waals surface area (Å²) in [5.74, 6) is 0.248. The van der Waals surface area contributed by atoms with E-state index in [1.54, 1.807) is 23.9 Å². The van der Waals surface area contributed by atoms with Crippen LogP contribution in [0.1, 0.15) is 21.6 Å². The average Bonchev–Trinajstić information content (AvgIpc) is 3.24. The Morgan fingerprint density at radius 2 is 1.68 bits per heavy atom. The predicted molar refractivity (Wildman–Crippen MR) is 122 cm³/mol. The second-order valence-electron chi connectivity index (χ2n) is 6.96. The molecule has 0 bridgehead atoms. The van der Waals surface area contributed by atoms with Crippen molar-refractivity contribution in [2.24, 2.45) is 0 Å². The molecule has 0 spiro atoms. The molecule has 2 aromatic heterocycles. The molecule has 0 unspecified atom stereocenters. The average molecular weight is 431 g/mol. The maximum absolute atomic E-state index is 12.3. The molecular formula is C24H22N4O2S. The first-order chi connectivity index (χ1) is 15.2. The van der Waals surface area contributed by atoms with E-state index >= 15 is 0 Å². The summed E-state index contributed by atoms with van der Waals surface area (Å²) in [5.41, 5.74) is 3.46. The van der Waals surface area contributed by atoms with Gasteiger partial charge in [-0.2, -0.15) is 0 Å². The number of benzene rings is 2. The number of carbonyl (C=O) groups is 2. The SMILES string of the molecule is O=C(CNC(=O)c1ccc(SCc2cn3ccccc3n2)cc1)NCc1ccccc1. The summed E-state index contributed by atoms with van der Waals surface area (Å²) in [5, 5.41) is 5.45. The minimum Gasteiger partial charge on any atom is -0.350 e. The fraction of sp³-hybridized carbons (Fsp3) is 0.125. The molecular weight excluding hydrogens is 408 g/mol. The Morgan fingerprint density at radius 1 is 0.903 bits per heavy atom. The molecule has 7 heteroatoms. The summed E-state index contributed by atoms with van der Waals surface area (Å²) in [6.45, 7) is 0.379. The number of pyridine rings is 1. The Bertz CT molecular complexity index is 1140. The number of nitrogens with zero attached hydrogens (tertiary/aromatic N) is 2. The third-order valence-corrected chi connectivity index (χ3v) is 5.70. The number of aromatic nitrogens is 2. The van der Waals surface area contributed by atoms with Crippen LogP contribution in [0, 0.1) is 0 Å². The van der Waals surface area contributed by atoms with Crippen LogP contribution in [-0.4, -0.2) is 27.7 Å². The van der Waals surface area contributed by atoms with E-state index in [1.165, 1.54) is 0 Å². The van der Waals surface area contributed by atoms with E-state index < -0.39 is 0 Å². The Labute approximate surface area is 184 Å². The van der Waals surface area contributed by atoms with E-state index in [9.17, 15) is 9.59 Å². The molecule has 2 N–H and O–H groups in total. The molecule has 0 atom stereocenters. The number of fused-ring (bicyclic) bond motifs is 1. The van der Waals surface area contributed by atoms with Gasteiger partial charge in [0, 0.05) is 35.2 Å². The first-order valence-electron chi connectivity index (χ1n) is 9.92. The van der Waals surface area contributed by atoms with Crippen molar-refractivity contribution in [1.82, 2.24) is 20.0 Å². The Balaban J connectivity index is 1.23. The summed E-state index contributed by atoms with van der Waals surface area (Å²) in [4.78, 5) is 29.9. The lowest BCUT2D eigenvalue weighted by Crippen LogP contribution is -2.36. The molecule has 0 aliphatic carbocycles. The van der Waals surface area contributed by atoms with Gasteiger partial charge in [-0.1, -0.05) is 36.4 Å². The highest BCUT2D eigenvalue weighted by molar-refractivity contribution is 7.98. The van der Waals surface area contributed by atoms with Crippen LogP contribution < -0.4 is 10.6 Å². The van der Waals surface area contributed by atoms with Crippen molar-refractivity contribution in [2.45, 2.75) is 17.2 Å². The van der Waals surface area contributed by atoms with Crippen LogP contribution in [0.3, 0.4) is 0 Å². The zero-order valence-corrected chi connectivity index (χ0v) is 17.6. The van der Waals surface area contributed by atoms with E-state index in [2.05, 4.69) is 15.6 Å². The molecule has 0 radical (unpaired) electrons. The van der Waals surface area contributed by atoms with Crippen molar-refractivity contribution in [2.75, 3.05) is 6.54 Å². The number of thioether (sulfide) groups is 1.